The molecule has 1 amide bonds. The van der Waals surface area contributed by atoms with Crippen molar-refractivity contribution in [2.75, 3.05) is 36.9 Å². The molecule has 4 heterocycles. The maximum atomic E-state index is 12.8. The highest BCUT2D eigenvalue weighted by Crippen LogP contribution is 2.44. The molecule has 0 saturated carbocycles. The first-order valence-corrected chi connectivity index (χ1v) is 12.0. The van der Waals surface area contributed by atoms with Crippen LogP contribution >= 0.6 is 34.3 Å². The van der Waals surface area contributed by atoms with Crippen molar-refractivity contribution in [3.05, 3.63) is 16.5 Å². The highest BCUT2D eigenvalue weighted by molar-refractivity contribution is 7.21. The average molecular weight is 455 g/mol. The first-order valence-electron chi connectivity index (χ1n) is 9.92. The molecule has 2 aliphatic heterocycles. The van der Waals surface area contributed by atoms with E-state index < -0.39 is 5.60 Å². The van der Waals surface area contributed by atoms with E-state index in [9.17, 15) is 4.79 Å². The van der Waals surface area contributed by atoms with Gasteiger partial charge in [-0.15, -0.1) is 11.3 Å². The third-order valence-corrected chi connectivity index (χ3v) is 7.74. The minimum absolute atomic E-state index is 0.179. The van der Waals surface area contributed by atoms with Gasteiger partial charge in [-0.05, 0) is 45.6 Å². The maximum Gasteiger partial charge on any atom is 0.410 e. The molecule has 2 atom stereocenters. The van der Waals surface area contributed by atoms with Crippen molar-refractivity contribution in [3.8, 4) is 10.6 Å². The smallest absolute Gasteiger partial charge is 0.410 e. The predicted molar refractivity (Wildman–Crippen MR) is 122 cm³/mol. The fourth-order valence-corrected chi connectivity index (χ4v) is 6.21. The standard InChI is InChI=1S/C20H27ClN4O2S2/c1-20(2,3)27-19(26)25-7-5-6-12-9-24(10-14(12)25)17-16(23-18(22-4)29-17)15-8-13(21)11-28-15/h8,11-12,14H,5-7,9-10H2,1-4H3,(H,22,23). The van der Waals surface area contributed by atoms with E-state index in [-0.39, 0.29) is 12.1 Å². The lowest BCUT2D eigenvalue weighted by Crippen LogP contribution is -2.50. The van der Waals surface area contributed by atoms with Crippen molar-refractivity contribution >= 4 is 50.5 Å². The molecule has 2 aromatic rings. The lowest BCUT2D eigenvalue weighted by molar-refractivity contribution is 0.00670. The molecular formula is C20H27ClN4O2S2. The number of hydrogen-bond donors (Lipinski definition) is 1. The molecule has 2 aromatic heterocycles. The number of anilines is 2. The van der Waals surface area contributed by atoms with Gasteiger partial charge in [0, 0.05) is 32.1 Å². The van der Waals surface area contributed by atoms with Gasteiger partial charge < -0.3 is 19.9 Å². The zero-order valence-corrected chi connectivity index (χ0v) is 19.6. The van der Waals surface area contributed by atoms with E-state index >= 15 is 0 Å². The number of nitrogens with one attached hydrogen (secondary N) is 1. The van der Waals surface area contributed by atoms with Crippen molar-refractivity contribution in [3.63, 3.8) is 0 Å². The Hall–Kier alpha value is -1.51. The number of halogens is 1. The first kappa shape index (κ1) is 20.8. The molecule has 9 heteroatoms. The van der Waals surface area contributed by atoms with Crippen molar-refractivity contribution in [2.45, 2.75) is 45.3 Å². The van der Waals surface area contributed by atoms with Gasteiger partial charge in [0.2, 0.25) is 0 Å². The number of aromatic nitrogens is 1. The molecule has 1 N–H and O–H groups in total. The highest BCUT2D eigenvalue weighted by atomic mass is 35.5. The second kappa shape index (κ2) is 7.96. The van der Waals surface area contributed by atoms with Gasteiger partial charge in [0.15, 0.2) is 5.13 Å². The van der Waals surface area contributed by atoms with Gasteiger partial charge in [-0.2, -0.15) is 0 Å². The van der Waals surface area contributed by atoms with Crippen LogP contribution in [0.3, 0.4) is 0 Å². The number of hydrogen-bond acceptors (Lipinski definition) is 7. The van der Waals surface area contributed by atoms with Crippen LogP contribution in [-0.2, 0) is 4.74 Å². The number of rotatable bonds is 3. The summed E-state index contributed by atoms with van der Waals surface area (Å²) in [4.78, 5) is 23.0. The van der Waals surface area contributed by atoms with E-state index in [0.29, 0.717) is 5.92 Å². The zero-order valence-electron chi connectivity index (χ0n) is 17.2. The van der Waals surface area contributed by atoms with Crippen LogP contribution in [-0.4, -0.2) is 54.3 Å². The first-order chi connectivity index (χ1) is 13.7. The second-order valence-electron chi connectivity index (χ2n) is 8.60. The summed E-state index contributed by atoms with van der Waals surface area (Å²) >= 11 is 9.44. The van der Waals surface area contributed by atoms with Crippen LogP contribution in [0.4, 0.5) is 14.9 Å². The van der Waals surface area contributed by atoms with Crippen molar-refractivity contribution in [1.29, 1.82) is 0 Å². The van der Waals surface area contributed by atoms with Crippen molar-refractivity contribution in [1.82, 2.24) is 9.88 Å². The molecule has 0 spiro atoms. The van der Waals surface area contributed by atoms with E-state index in [1.807, 2.05) is 44.2 Å². The van der Waals surface area contributed by atoms with Crippen molar-refractivity contribution in [2.24, 2.45) is 5.92 Å². The molecule has 2 aliphatic rings. The number of likely N-dealkylation sites (tertiary alicyclic amines) is 1. The largest absolute Gasteiger partial charge is 0.444 e. The Morgan fingerprint density at radius 1 is 1.38 bits per heavy atom. The molecule has 6 nitrogen and oxygen atoms in total. The second-order valence-corrected chi connectivity index (χ2v) is 10.9. The Bertz CT molecular complexity index is 891. The quantitative estimate of drug-likeness (QED) is 0.672. The van der Waals surface area contributed by atoms with Gasteiger partial charge in [-0.25, -0.2) is 9.78 Å². The molecule has 29 heavy (non-hydrogen) atoms. The number of fused-ring (bicyclic) bond motifs is 1. The third kappa shape index (κ3) is 4.34. The van der Waals surface area contributed by atoms with Crippen LogP contribution in [0.1, 0.15) is 33.6 Å². The van der Waals surface area contributed by atoms with Gasteiger partial charge in [-0.1, -0.05) is 22.9 Å². The number of ether oxygens (including phenoxy) is 1. The Kier molecular flexibility index (Phi) is 5.70. The summed E-state index contributed by atoms with van der Waals surface area (Å²) < 4.78 is 5.68. The summed E-state index contributed by atoms with van der Waals surface area (Å²) in [6, 6.07) is 2.15. The van der Waals surface area contributed by atoms with Crippen LogP contribution in [0.25, 0.3) is 10.6 Å². The van der Waals surface area contributed by atoms with Gasteiger partial charge in [0.05, 0.1) is 15.9 Å². The molecular weight excluding hydrogens is 428 g/mol. The normalized spacial score (nSPS) is 22.0. The number of carbonyl (C=O) groups excluding carboxylic acids is 1. The molecule has 4 rings (SSSR count). The lowest BCUT2D eigenvalue weighted by Gasteiger charge is -2.37. The number of thiazole rings is 1. The van der Waals surface area contributed by atoms with Crippen LogP contribution in [0.15, 0.2) is 11.4 Å². The molecule has 2 fully saturated rings. The van der Waals surface area contributed by atoms with Crippen LogP contribution < -0.4 is 10.2 Å². The van der Waals surface area contributed by atoms with Crippen LogP contribution in [0, 0.1) is 5.92 Å². The zero-order chi connectivity index (χ0) is 20.8. The van der Waals surface area contributed by atoms with Gasteiger partial charge in [0.1, 0.15) is 16.3 Å². The fourth-order valence-electron chi connectivity index (χ4n) is 4.12. The Morgan fingerprint density at radius 3 is 2.83 bits per heavy atom. The topological polar surface area (TPSA) is 57.7 Å². The molecule has 0 bridgehead atoms. The Balaban J connectivity index is 1.59. The summed E-state index contributed by atoms with van der Waals surface area (Å²) in [5.41, 5.74) is 0.492. The van der Waals surface area contributed by atoms with Crippen molar-refractivity contribution < 1.29 is 9.53 Å². The van der Waals surface area contributed by atoms with E-state index in [1.165, 1.54) is 0 Å². The predicted octanol–water partition coefficient (Wildman–Crippen LogP) is 5.40. The lowest BCUT2D eigenvalue weighted by atomic mass is 9.92. The van der Waals surface area contributed by atoms with Crippen LogP contribution in [0.2, 0.25) is 5.02 Å². The van der Waals surface area contributed by atoms with E-state index in [1.54, 1.807) is 22.7 Å². The third-order valence-electron chi connectivity index (χ3n) is 5.32. The van der Waals surface area contributed by atoms with E-state index in [4.69, 9.17) is 21.3 Å². The highest BCUT2D eigenvalue weighted by Gasteiger charge is 2.43. The number of carbonyl (C=O) groups is 1. The Morgan fingerprint density at radius 2 is 2.17 bits per heavy atom. The molecule has 2 unspecified atom stereocenters. The summed E-state index contributed by atoms with van der Waals surface area (Å²) in [5, 5.41) is 7.88. The molecule has 2 saturated heterocycles. The summed E-state index contributed by atoms with van der Waals surface area (Å²) in [7, 11) is 1.89. The maximum absolute atomic E-state index is 12.8. The molecule has 0 radical (unpaired) electrons. The minimum atomic E-state index is -0.479. The number of nitrogens with zero attached hydrogens (tertiary/aromatic N) is 3. The number of amides is 1. The van der Waals surface area contributed by atoms with Gasteiger partial charge >= 0.3 is 6.09 Å². The number of thiophene rings is 1. The number of piperidine rings is 1. The van der Waals surface area contributed by atoms with E-state index in [0.717, 1.165) is 58.2 Å². The fraction of sp³-hybridized carbons (Fsp3) is 0.600. The summed E-state index contributed by atoms with van der Waals surface area (Å²) in [6.45, 7) is 8.26. The minimum Gasteiger partial charge on any atom is -0.444 e. The average Bonchev–Trinajstić information content (AvgIpc) is 3.36. The summed E-state index contributed by atoms with van der Waals surface area (Å²) in [6.07, 6.45) is 1.96. The Labute approximate surface area is 184 Å². The monoisotopic (exact) mass is 454 g/mol. The molecule has 158 valence electrons. The molecule has 0 aliphatic carbocycles. The van der Waals surface area contributed by atoms with E-state index in [2.05, 4.69) is 10.2 Å². The SMILES string of the molecule is CNc1nc(-c2cc(Cl)cs2)c(N2CC3CCCN(C(=O)OC(C)(C)C)C3C2)s1. The summed E-state index contributed by atoms with van der Waals surface area (Å²) in [5.74, 6) is 0.455. The van der Waals surface area contributed by atoms with Crippen LogP contribution in [0.5, 0.6) is 0 Å². The van der Waals surface area contributed by atoms with Gasteiger partial charge in [0.25, 0.3) is 0 Å². The molecule has 0 aromatic carbocycles. The van der Waals surface area contributed by atoms with Gasteiger partial charge in [-0.3, -0.25) is 0 Å².